The first-order chi connectivity index (χ1) is 9.22. The van der Waals surface area contributed by atoms with Gasteiger partial charge in [-0.2, -0.15) is 5.10 Å². The molecule has 2 aromatic rings. The van der Waals surface area contributed by atoms with Gasteiger partial charge in [-0.05, 0) is 35.5 Å². The zero-order valence-electron chi connectivity index (χ0n) is 11.3. The standard InChI is InChI=1S/C13H18BrN3O2/c1-4-6-17-12(10(18-3)8-16-17)11(15-2)9-5-7-19-13(9)14/h5,7-8,11,15H,4,6H2,1-3H3. The van der Waals surface area contributed by atoms with Crippen LogP contribution >= 0.6 is 15.9 Å². The number of nitrogens with one attached hydrogen (secondary N) is 1. The van der Waals surface area contributed by atoms with E-state index in [-0.39, 0.29) is 6.04 Å². The van der Waals surface area contributed by atoms with E-state index in [1.807, 2.05) is 17.8 Å². The van der Waals surface area contributed by atoms with E-state index in [9.17, 15) is 0 Å². The van der Waals surface area contributed by atoms with Crippen molar-refractivity contribution in [2.24, 2.45) is 0 Å². The summed E-state index contributed by atoms with van der Waals surface area (Å²) in [6.07, 6.45) is 4.43. The van der Waals surface area contributed by atoms with Gasteiger partial charge in [-0.25, -0.2) is 0 Å². The molecular weight excluding hydrogens is 310 g/mol. The second kappa shape index (κ2) is 6.25. The molecule has 0 fully saturated rings. The van der Waals surface area contributed by atoms with Crippen molar-refractivity contribution in [3.05, 3.63) is 34.5 Å². The lowest BCUT2D eigenvalue weighted by Gasteiger charge is -2.18. The van der Waals surface area contributed by atoms with Crippen molar-refractivity contribution in [1.82, 2.24) is 15.1 Å². The summed E-state index contributed by atoms with van der Waals surface area (Å²) in [5.41, 5.74) is 2.03. The molecule has 1 unspecified atom stereocenters. The molecule has 2 heterocycles. The average molecular weight is 328 g/mol. The second-order valence-corrected chi connectivity index (χ2v) is 4.91. The third-order valence-corrected chi connectivity index (χ3v) is 3.66. The number of ether oxygens (including phenoxy) is 1. The van der Waals surface area contributed by atoms with Gasteiger partial charge in [0.25, 0.3) is 0 Å². The molecular formula is C13H18BrN3O2. The first-order valence-corrected chi connectivity index (χ1v) is 7.02. The molecule has 0 saturated carbocycles. The third-order valence-electron chi connectivity index (χ3n) is 3.02. The van der Waals surface area contributed by atoms with Gasteiger partial charge in [0.2, 0.25) is 0 Å². The Morgan fingerprint density at radius 3 is 2.89 bits per heavy atom. The summed E-state index contributed by atoms with van der Waals surface area (Å²) in [5, 5.41) is 7.68. The Morgan fingerprint density at radius 2 is 2.37 bits per heavy atom. The van der Waals surface area contributed by atoms with E-state index in [1.54, 1.807) is 19.6 Å². The number of methoxy groups -OCH3 is 1. The van der Waals surface area contributed by atoms with Gasteiger partial charge in [0.05, 0.1) is 25.6 Å². The van der Waals surface area contributed by atoms with Gasteiger partial charge in [0.1, 0.15) is 5.69 Å². The molecule has 0 saturated heterocycles. The molecule has 104 valence electrons. The van der Waals surface area contributed by atoms with E-state index in [4.69, 9.17) is 9.15 Å². The molecule has 6 heteroatoms. The molecule has 0 aliphatic heterocycles. The minimum Gasteiger partial charge on any atom is -0.493 e. The average Bonchev–Trinajstić information content (AvgIpc) is 3.00. The summed E-state index contributed by atoms with van der Waals surface area (Å²) in [5.74, 6) is 0.779. The van der Waals surface area contributed by atoms with Gasteiger partial charge in [0, 0.05) is 12.1 Å². The van der Waals surface area contributed by atoms with Gasteiger partial charge in [-0.15, -0.1) is 0 Å². The van der Waals surface area contributed by atoms with Crippen LogP contribution in [0, 0.1) is 0 Å². The van der Waals surface area contributed by atoms with Crippen molar-refractivity contribution in [2.75, 3.05) is 14.2 Å². The third kappa shape index (κ3) is 2.69. The highest BCUT2D eigenvalue weighted by atomic mass is 79.9. The van der Waals surface area contributed by atoms with Crippen LogP contribution in [0.3, 0.4) is 0 Å². The van der Waals surface area contributed by atoms with Gasteiger partial charge >= 0.3 is 0 Å². The smallest absolute Gasteiger partial charge is 0.174 e. The summed E-state index contributed by atoms with van der Waals surface area (Å²) >= 11 is 3.43. The second-order valence-electron chi connectivity index (χ2n) is 4.19. The number of rotatable bonds is 6. The highest BCUT2D eigenvalue weighted by Gasteiger charge is 2.25. The van der Waals surface area contributed by atoms with E-state index in [0.29, 0.717) is 0 Å². The molecule has 0 amide bonds. The van der Waals surface area contributed by atoms with Crippen LogP contribution in [0.1, 0.15) is 30.6 Å². The normalized spacial score (nSPS) is 12.6. The minimum atomic E-state index is -0.0304. The molecule has 2 aromatic heterocycles. The quantitative estimate of drug-likeness (QED) is 0.886. The Hall–Kier alpha value is -1.27. The van der Waals surface area contributed by atoms with Crippen LogP contribution in [0.2, 0.25) is 0 Å². The van der Waals surface area contributed by atoms with Crippen LogP contribution in [-0.4, -0.2) is 23.9 Å². The number of aryl methyl sites for hydroxylation is 1. The first kappa shape index (κ1) is 14.1. The van der Waals surface area contributed by atoms with Crippen molar-refractivity contribution in [3.8, 4) is 5.75 Å². The number of aromatic nitrogens is 2. The summed E-state index contributed by atoms with van der Waals surface area (Å²) < 4.78 is 13.4. The summed E-state index contributed by atoms with van der Waals surface area (Å²) in [6.45, 7) is 2.98. The number of hydrogen-bond donors (Lipinski definition) is 1. The van der Waals surface area contributed by atoms with Gasteiger partial charge in [-0.3, -0.25) is 4.68 Å². The van der Waals surface area contributed by atoms with Crippen LogP contribution in [-0.2, 0) is 6.54 Å². The van der Waals surface area contributed by atoms with E-state index >= 15 is 0 Å². The molecule has 2 rings (SSSR count). The van der Waals surface area contributed by atoms with Gasteiger partial charge < -0.3 is 14.5 Å². The van der Waals surface area contributed by atoms with E-state index < -0.39 is 0 Å². The number of hydrogen-bond acceptors (Lipinski definition) is 4. The van der Waals surface area contributed by atoms with Crippen molar-refractivity contribution < 1.29 is 9.15 Å². The Balaban J connectivity index is 2.48. The zero-order chi connectivity index (χ0) is 13.8. The Kier molecular flexibility index (Phi) is 4.66. The summed E-state index contributed by atoms with van der Waals surface area (Å²) in [6, 6.07) is 1.91. The van der Waals surface area contributed by atoms with E-state index in [1.165, 1.54) is 0 Å². The maximum atomic E-state index is 5.42. The van der Waals surface area contributed by atoms with Gasteiger partial charge in [0.15, 0.2) is 10.4 Å². The van der Waals surface area contributed by atoms with Crippen molar-refractivity contribution >= 4 is 15.9 Å². The largest absolute Gasteiger partial charge is 0.493 e. The fraction of sp³-hybridized carbons (Fsp3) is 0.462. The SMILES string of the molecule is CCCn1ncc(OC)c1C(NC)c1ccoc1Br. The Morgan fingerprint density at radius 1 is 1.58 bits per heavy atom. The maximum Gasteiger partial charge on any atom is 0.174 e. The molecule has 0 spiro atoms. The number of halogens is 1. The van der Waals surface area contributed by atoms with Crippen molar-refractivity contribution in [2.45, 2.75) is 25.9 Å². The van der Waals surface area contributed by atoms with Crippen LogP contribution in [0.4, 0.5) is 0 Å². The molecule has 0 radical (unpaired) electrons. The number of nitrogens with zero attached hydrogens (tertiary/aromatic N) is 2. The lowest BCUT2D eigenvalue weighted by molar-refractivity contribution is 0.399. The molecule has 0 aliphatic carbocycles. The molecule has 0 aliphatic rings. The molecule has 19 heavy (non-hydrogen) atoms. The predicted molar refractivity (Wildman–Crippen MR) is 76.4 cm³/mol. The molecule has 0 aromatic carbocycles. The monoisotopic (exact) mass is 327 g/mol. The molecule has 1 atom stereocenters. The van der Waals surface area contributed by atoms with Crippen molar-refractivity contribution in [1.29, 1.82) is 0 Å². The van der Waals surface area contributed by atoms with Gasteiger partial charge in [-0.1, -0.05) is 6.92 Å². The molecule has 5 nitrogen and oxygen atoms in total. The lowest BCUT2D eigenvalue weighted by atomic mass is 10.1. The highest BCUT2D eigenvalue weighted by molar-refractivity contribution is 9.10. The van der Waals surface area contributed by atoms with E-state index in [2.05, 4.69) is 33.3 Å². The van der Waals surface area contributed by atoms with Crippen LogP contribution in [0.5, 0.6) is 5.75 Å². The van der Waals surface area contributed by atoms with Crippen LogP contribution < -0.4 is 10.1 Å². The van der Waals surface area contributed by atoms with E-state index in [0.717, 1.165) is 34.6 Å². The minimum absolute atomic E-state index is 0.0304. The predicted octanol–water partition coefficient (Wildman–Crippen LogP) is 2.97. The van der Waals surface area contributed by atoms with Crippen LogP contribution in [0.25, 0.3) is 0 Å². The summed E-state index contributed by atoms with van der Waals surface area (Å²) in [4.78, 5) is 0. The molecule has 0 bridgehead atoms. The number of furan rings is 1. The Bertz CT molecular complexity index is 536. The zero-order valence-corrected chi connectivity index (χ0v) is 12.9. The summed E-state index contributed by atoms with van der Waals surface area (Å²) in [7, 11) is 3.57. The first-order valence-electron chi connectivity index (χ1n) is 6.22. The molecule has 1 N–H and O–H groups in total. The lowest BCUT2D eigenvalue weighted by Crippen LogP contribution is -2.22. The maximum absolute atomic E-state index is 5.42. The van der Waals surface area contributed by atoms with Crippen molar-refractivity contribution in [3.63, 3.8) is 0 Å². The van der Waals surface area contributed by atoms with Crippen LogP contribution in [0.15, 0.2) is 27.6 Å². The Labute approximate surface area is 121 Å². The fourth-order valence-corrected chi connectivity index (χ4v) is 2.64. The topological polar surface area (TPSA) is 52.2 Å². The highest BCUT2D eigenvalue weighted by Crippen LogP contribution is 2.34. The fourth-order valence-electron chi connectivity index (χ4n) is 2.17.